The van der Waals surface area contributed by atoms with Gasteiger partial charge in [0, 0.05) is 6.20 Å². The second-order valence-corrected chi connectivity index (χ2v) is 7.98. The standard InChI is InChI=1S/C22H21N4O2S/c1-13-7-8-18-16(10-13)19(14(2)26(18)22(28)25(3)4)20(27)17-12-29-21(24-17)15-6-5-9-23-11-15/h5-12,27H,1-4H3/q-1. The lowest BCUT2D eigenvalue weighted by molar-refractivity contribution is -0.554. The van der Waals surface area contributed by atoms with Gasteiger partial charge in [0.2, 0.25) is 5.01 Å². The first-order valence-corrected chi connectivity index (χ1v) is 10.0. The molecule has 7 heteroatoms. The highest BCUT2D eigenvalue weighted by Gasteiger charge is 2.22. The van der Waals surface area contributed by atoms with E-state index in [1.807, 2.05) is 49.6 Å². The second kappa shape index (κ2) is 7.35. The van der Waals surface area contributed by atoms with Gasteiger partial charge in [-0.2, -0.15) is 22.5 Å². The number of amides is 1. The van der Waals surface area contributed by atoms with E-state index in [9.17, 15) is 9.90 Å². The summed E-state index contributed by atoms with van der Waals surface area (Å²) >= 11 is 1.44. The van der Waals surface area contributed by atoms with Crippen molar-refractivity contribution in [2.45, 2.75) is 13.8 Å². The topological polar surface area (TPSA) is 70.2 Å². The minimum absolute atomic E-state index is 0.0646. The molecule has 1 amide bonds. The SMILES string of the molecule is Cc1ccc2[c-](c1)c([C-](O)c1c[s+][c-](-c3cccnc3)n1)c(C)[n+]2C(=O)N(C)C. The van der Waals surface area contributed by atoms with Gasteiger partial charge in [0.15, 0.2) is 11.3 Å². The predicted octanol–water partition coefficient (Wildman–Crippen LogP) is 3.81. The molecule has 3 aromatic heterocycles. The van der Waals surface area contributed by atoms with Gasteiger partial charge in [-0.1, -0.05) is 26.0 Å². The molecule has 148 valence electrons. The molecular formula is C22H21N4O2S-. The molecule has 1 N–H and O–H groups in total. The number of thiazole rings is 1. The molecule has 0 bridgehead atoms. The Labute approximate surface area is 173 Å². The van der Waals surface area contributed by atoms with E-state index >= 15 is 0 Å². The maximum absolute atomic E-state index is 12.8. The quantitative estimate of drug-likeness (QED) is 0.320. The molecule has 0 aliphatic carbocycles. The Hall–Kier alpha value is -3.16. The van der Waals surface area contributed by atoms with Crippen LogP contribution in [0.1, 0.15) is 22.5 Å². The third kappa shape index (κ3) is 3.28. The molecule has 0 aliphatic heterocycles. The smallest absolute Gasteiger partial charge is 0.439 e. The lowest BCUT2D eigenvalue weighted by Gasteiger charge is -2.21. The summed E-state index contributed by atoms with van der Waals surface area (Å²) in [5.41, 5.74) is 4.50. The molecule has 3 heterocycles. The summed E-state index contributed by atoms with van der Waals surface area (Å²) < 4.78 is 1.63. The average Bonchev–Trinajstić information content (AvgIpc) is 3.30. The maximum Gasteiger partial charge on any atom is 0.482 e. The zero-order valence-electron chi connectivity index (χ0n) is 16.7. The third-order valence-corrected chi connectivity index (χ3v) is 5.72. The largest absolute Gasteiger partial charge is 0.482 e. The van der Waals surface area contributed by atoms with Crippen LogP contribution in [0.5, 0.6) is 0 Å². The van der Waals surface area contributed by atoms with Crippen molar-refractivity contribution in [3.8, 4) is 10.6 Å². The first-order valence-electron chi connectivity index (χ1n) is 9.14. The number of aliphatic hydroxyl groups excluding tert-OH is 1. The average molecular weight is 406 g/mol. The number of aliphatic hydroxyl groups is 1. The van der Waals surface area contributed by atoms with Crippen molar-refractivity contribution in [2.24, 2.45) is 0 Å². The highest BCUT2D eigenvalue weighted by molar-refractivity contribution is 7.13. The first-order chi connectivity index (χ1) is 13.9. The molecule has 4 rings (SSSR count). The van der Waals surface area contributed by atoms with Crippen LogP contribution in [0.2, 0.25) is 0 Å². The summed E-state index contributed by atoms with van der Waals surface area (Å²) in [7, 11) is 3.43. The molecule has 1 aromatic carbocycles. The number of carbonyl (C=O) groups excluding carboxylic acids is 1. The van der Waals surface area contributed by atoms with Crippen molar-refractivity contribution in [2.75, 3.05) is 14.1 Å². The maximum atomic E-state index is 12.8. The van der Waals surface area contributed by atoms with Crippen LogP contribution in [0.3, 0.4) is 0 Å². The number of fused-ring (bicyclic) bond motifs is 1. The van der Waals surface area contributed by atoms with Gasteiger partial charge in [0.1, 0.15) is 5.38 Å². The number of rotatable bonds is 3. The van der Waals surface area contributed by atoms with E-state index in [2.05, 4.69) is 9.97 Å². The number of benzene rings is 1. The van der Waals surface area contributed by atoms with Gasteiger partial charge in [0.05, 0.1) is 14.1 Å². The lowest BCUT2D eigenvalue weighted by Crippen LogP contribution is -2.50. The fourth-order valence-electron chi connectivity index (χ4n) is 3.41. The van der Waals surface area contributed by atoms with Crippen molar-refractivity contribution >= 4 is 28.3 Å². The van der Waals surface area contributed by atoms with E-state index in [1.165, 1.54) is 16.2 Å². The Morgan fingerprint density at radius 3 is 2.76 bits per heavy atom. The van der Waals surface area contributed by atoms with Gasteiger partial charge in [-0.05, 0) is 28.7 Å². The van der Waals surface area contributed by atoms with Crippen molar-refractivity contribution in [1.82, 2.24) is 14.9 Å². The molecule has 0 saturated carbocycles. The monoisotopic (exact) mass is 405 g/mol. The van der Waals surface area contributed by atoms with E-state index < -0.39 is 0 Å². The summed E-state index contributed by atoms with van der Waals surface area (Å²) in [6.07, 6.45) is 3.52. The molecular weight excluding hydrogens is 384 g/mol. The zero-order valence-corrected chi connectivity index (χ0v) is 17.5. The van der Waals surface area contributed by atoms with Crippen molar-refractivity contribution in [3.05, 3.63) is 76.7 Å². The van der Waals surface area contributed by atoms with E-state index in [1.54, 1.807) is 31.1 Å². The molecule has 0 unspecified atom stereocenters. The van der Waals surface area contributed by atoms with E-state index in [4.69, 9.17) is 0 Å². The number of carbonyl (C=O) groups is 1. The molecule has 29 heavy (non-hydrogen) atoms. The Morgan fingerprint density at radius 1 is 1.28 bits per heavy atom. The van der Waals surface area contributed by atoms with Gasteiger partial charge in [-0.3, -0.25) is 9.55 Å². The molecule has 0 radical (unpaired) electrons. The Balaban J connectivity index is 1.85. The van der Waals surface area contributed by atoms with Gasteiger partial charge in [-0.15, -0.1) is 23.1 Å². The molecule has 0 atom stereocenters. The van der Waals surface area contributed by atoms with Gasteiger partial charge >= 0.3 is 6.03 Å². The Morgan fingerprint density at radius 2 is 2.07 bits per heavy atom. The minimum Gasteiger partial charge on any atom is -0.439 e. The molecule has 0 fully saturated rings. The summed E-state index contributed by atoms with van der Waals surface area (Å²) in [4.78, 5) is 23.1. The van der Waals surface area contributed by atoms with Crippen LogP contribution in [0.4, 0.5) is 4.79 Å². The Bertz CT molecular complexity index is 1190. The molecule has 0 aliphatic rings. The first kappa shape index (κ1) is 19.2. The van der Waals surface area contributed by atoms with Crippen LogP contribution in [0.15, 0.2) is 48.1 Å². The fraction of sp³-hybridized carbons (Fsp3) is 0.182. The number of pyridine rings is 1. The van der Waals surface area contributed by atoms with Gasteiger partial charge in [0.25, 0.3) is 0 Å². The third-order valence-electron chi connectivity index (χ3n) is 4.83. The van der Waals surface area contributed by atoms with Crippen LogP contribution in [0, 0.1) is 20.0 Å². The number of aryl methyl sites for hydroxylation is 1. The van der Waals surface area contributed by atoms with E-state index in [-0.39, 0.29) is 12.1 Å². The lowest BCUT2D eigenvalue weighted by atomic mass is 10.0. The van der Waals surface area contributed by atoms with Crippen LogP contribution in [-0.2, 0) is 0 Å². The van der Waals surface area contributed by atoms with Crippen LogP contribution < -0.4 is 4.57 Å². The minimum atomic E-state index is -0.162. The highest BCUT2D eigenvalue weighted by atomic mass is 32.1. The van der Waals surface area contributed by atoms with Crippen molar-refractivity contribution in [1.29, 1.82) is 0 Å². The number of hydrogen-bond acceptors (Lipinski definition) is 4. The van der Waals surface area contributed by atoms with Gasteiger partial charge in [-0.25, -0.2) is 4.90 Å². The number of nitrogens with zero attached hydrogens (tertiary/aromatic N) is 4. The normalized spacial score (nSPS) is 11.1. The second-order valence-electron chi connectivity index (χ2n) is 7.12. The van der Waals surface area contributed by atoms with Crippen LogP contribution in [0.25, 0.3) is 21.5 Å². The Kier molecular flexibility index (Phi) is 4.86. The molecule has 0 spiro atoms. The van der Waals surface area contributed by atoms with Crippen molar-refractivity contribution < 1.29 is 14.5 Å². The highest BCUT2D eigenvalue weighted by Crippen LogP contribution is 2.33. The van der Waals surface area contributed by atoms with Crippen LogP contribution in [-0.4, -0.2) is 40.1 Å². The van der Waals surface area contributed by atoms with Gasteiger partial charge < -0.3 is 10.1 Å². The summed E-state index contributed by atoms with van der Waals surface area (Å²) in [5, 5.41) is 14.6. The summed E-state index contributed by atoms with van der Waals surface area (Å²) in [6.45, 7) is 3.83. The summed E-state index contributed by atoms with van der Waals surface area (Å²) in [6, 6.07) is 9.49. The number of hydrogen-bond donors (Lipinski definition) is 1. The van der Waals surface area contributed by atoms with E-state index in [0.29, 0.717) is 17.0 Å². The van der Waals surface area contributed by atoms with E-state index in [0.717, 1.165) is 27.0 Å². The predicted molar refractivity (Wildman–Crippen MR) is 112 cm³/mol. The molecule has 4 aromatic rings. The molecule has 6 nitrogen and oxygen atoms in total. The molecule has 0 saturated heterocycles. The zero-order chi connectivity index (χ0) is 20.7. The van der Waals surface area contributed by atoms with Crippen molar-refractivity contribution in [3.63, 3.8) is 0 Å². The number of aromatic nitrogens is 3. The summed E-state index contributed by atoms with van der Waals surface area (Å²) in [5.74, 6) is 0. The fourth-order valence-corrected chi connectivity index (χ4v) is 4.21. The van der Waals surface area contributed by atoms with Crippen LogP contribution >= 0.6 is 11.3 Å².